The molecule has 0 amide bonds. The van der Waals surface area contributed by atoms with Crippen LogP contribution >= 0.6 is 11.8 Å². The molecule has 0 fully saturated rings. The van der Waals surface area contributed by atoms with E-state index >= 15 is 0 Å². The molecule has 2 rings (SSSR count). The Morgan fingerprint density at radius 2 is 2.28 bits per heavy atom. The third-order valence-electron chi connectivity index (χ3n) is 2.09. The van der Waals surface area contributed by atoms with Gasteiger partial charge in [0.1, 0.15) is 5.82 Å². The van der Waals surface area contributed by atoms with Crippen LogP contribution in [0, 0.1) is 5.82 Å². The summed E-state index contributed by atoms with van der Waals surface area (Å²) in [5.74, 6) is -1.49. The van der Waals surface area contributed by atoms with Gasteiger partial charge in [0.25, 0.3) is 5.22 Å². The minimum absolute atomic E-state index is 0.103. The molecule has 1 heterocycles. The van der Waals surface area contributed by atoms with Gasteiger partial charge >= 0.3 is 0 Å². The molecule has 0 aliphatic heterocycles. The van der Waals surface area contributed by atoms with E-state index in [2.05, 4.69) is 10.2 Å². The van der Waals surface area contributed by atoms with Gasteiger partial charge < -0.3 is 14.3 Å². The van der Waals surface area contributed by atoms with E-state index in [1.807, 2.05) is 0 Å². The van der Waals surface area contributed by atoms with Gasteiger partial charge in [-0.3, -0.25) is 0 Å². The largest absolute Gasteiger partial charge is 0.549 e. The summed E-state index contributed by atoms with van der Waals surface area (Å²) in [6.07, 6.45) is 0. The molecule has 0 saturated carbocycles. The molecule has 0 radical (unpaired) electrons. The second-order valence-electron chi connectivity index (χ2n) is 3.46. The molecule has 0 aliphatic rings. The van der Waals surface area contributed by atoms with Crippen LogP contribution in [0.25, 0.3) is 11.5 Å². The van der Waals surface area contributed by atoms with Gasteiger partial charge in [0.05, 0.1) is 11.2 Å². The van der Waals surface area contributed by atoms with Crippen molar-refractivity contribution < 1.29 is 18.7 Å². The summed E-state index contributed by atoms with van der Waals surface area (Å²) in [6, 6.07) is 5.69. The van der Waals surface area contributed by atoms with Crippen LogP contribution in [0.3, 0.4) is 0 Å². The van der Waals surface area contributed by atoms with Gasteiger partial charge in [0.15, 0.2) is 0 Å². The molecule has 1 aromatic heterocycles. The van der Waals surface area contributed by atoms with Crippen LogP contribution in [0.15, 0.2) is 33.9 Å². The fraction of sp³-hybridized carbons (Fsp3) is 0.182. The summed E-state index contributed by atoms with van der Waals surface area (Å²) >= 11 is 0.875. The zero-order valence-electron chi connectivity index (χ0n) is 9.29. The Balaban J connectivity index is 2.18. The van der Waals surface area contributed by atoms with Gasteiger partial charge in [-0.25, -0.2) is 4.39 Å². The van der Waals surface area contributed by atoms with E-state index in [0.29, 0.717) is 5.56 Å². The number of rotatable bonds is 4. The zero-order chi connectivity index (χ0) is 13.1. The zero-order valence-corrected chi connectivity index (χ0v) is 10.1. The molecule has 0 spiro atoms. The molecule has 0 N–H and O–H groups in total. The van der Waals surface area contributed by atoms with E-state index in [1.54, 1.807) is 6.07 Å². The summed E-state index contributed by atoms with van der Waals surface area (Å²) in [5.41, 5.74) is 0.440. The molecule has 5 nitrogen and oxygen atoms in total. The van der Waals surface area contributed by atoms with Crippen molar-refractivity contribution in [1.29, 1.82) is 0 Å². The quantitative estimate of drug-likeness (QED) is 0.772. The van der Waals surface area contributed by atoms with E-state index in [4.69, 9.17) is 4.42 Å². The molecule has 7 heteroatoms. The number of carboxylic acid groups (broad SMARTS) is 1. The summed E-state index contributed by atoms with van der Waals surface area (Å²) < 4.78 is 18.2. The Morgan fingerprint density at radius 3 is 2.94 bits per heavy atom. The van der Waals surface area contributed by atoms with Crippen molar-refractivity contribution in [2.24, 2.45) is 0 Å². The van der Waals surface area contributed by atoms with Crippen molar-refractivity contribution in [2.45, 2.75) is 17.4 Å². The third-order valence-corrected chi connectivity index (χ3v) is 3.00. The second kappa shape index (κ2) is 5.18. The van der Waals surface area contributed by atoms with Gasteiger partial charge in [-0.1, -0.05) is 17.8 Å². The van der Waals surface area contributed by atoms with E-state index in [-0.39, 0.29) is 11.1 Å². The predicted octanol–water partition coefficient (Wildman–Crippen LogP) is 1.11. The Kier molecular flexibility index (Phi) is 3.61. The predicted molar refractivity (Wildman–Crippen MR) is 60.0 cm³/mol. The summed E-state index contributed by atoms with van der Waals surface area (Å²) in [4.78, 5) is 10.6. The molecule has 2 aromatic rings. The Hall–Kier alpha value is -1.89. The molecule has 94 valence electrons. The number of aromatic nitrogens is 2. The highest BCUT2D eigenvalue weighted by Crippen LogP contribution is 2.25. The van der Waals surface area contributed by atoms with Crippen LogP contribution in [-0.2, 0) is 4.79 Å². The fourth-order valence-electron chi connectivity index (χ4n) is 1.19. The highest BCUT2D eigenvalue weighted by atomic mass is 32.2. The number of benzene rings is 1. The van der Waals surface area contributed by atoms with Crippen LogP contribution in [-0.4, -0.2) is 21.4 Å². The number of halogens is 1. The average molecular weight is 267 g/mol. The topological polar surface area (TPSA) is 79.0 Å². The summed E-state index contributed by atoms with van der Waals surface area (Å²) in [6.45, 7) is 1.45. The highest BCUT2D eigenvalue weighted by Gasteiger charge is 2.13. The summed E-state index contributed by atoms with van der Waals surface area (Å²) in [5, 5.41) is 17.3. The Labute approximate surface area is 106 Å². The first kappa shape index (κ1) is 12.6. The van der Waals surface area contributed by atoms with Crippen LogP contribution in [0.5, 0.6) is 0 Å². The van der Waals surface area contributed by atoms with E-state index < -0.39 is 17.0 Å². The lowest BCUT2D eigenvalue weighted by atomic mass is 10.2. The summed E-state index contributed by atoms with van der Waals surface area (Å²) in [7, 11) is 0. The SMILES string of the molecule is C[C@@H](Sc1nnc(-c2cccc(F)c2)o1)C(=O)[O-]. The van der Waals surface area contributed by atoms with Gasteiger partial charge in [-0.15, -0.1) is 10.2 Å². The van der Waals surface area contributed by atoms with Crippen LogP contribution in [0.4, 0.5) is 4.39 Å². The number of thioether (sulfide) groups is 1. The maximum atomic E-state index is 13.0. The van der Waals surface area contributed by atoms with Crippen molar-refractivity contribution in [3.05, 3.63) is 30.1 Å². The van der Waals surface area contributed by atoms with Gasteiger partial charge in [0.2, 0.25) is 5.89 Å². The first-order valence-corrected chi connectivity index (χ1v) is 5.91. The molecule has 0 bridgehead atoms. The lowest BCUT2D eigenvalue weighted by molar-refractivity contribution is -0.304. The minimum Gasteiger partial charge on any atom is -0.549 e. The molecule has 0 aliphatic carbocycles. The molecular weight excluding hydrogens is 259 g/mol. The number of nitrogens with zero attached hydrogens (tertiary/aromatic N) is 2. The Bertz CT molecular complexity index is 573. The lowest BCUT2D eigenvalue weighted by Crippen LogP contribution is -2.31. The smallest absolute Gasteiger partial charge is 0.277 e. The minimum atomic E-state index is -1.22. The lowest BCUT2D eigenvalue weighted by Gasteiger charge is -2.07. The monoisotopic (exact) mass is 267 g/mol. The van der Waals surface area contributed by atoms with Crippen LogP contribution in [0.1, 0.15) is 6.92 Å². The number of aliphatic carboxylic acids is 1. The molecule has 1 atom stereocenters. The van der Waals surface area contributed by atoms with Crippen LogP contribution in [0.2, 0.25) is 0 Å². The fourth-order valence-corrected chi connectivity index (χ4v) is 1.81. The van der Waals surface area contributed by atoms with Crippen LogP contribution < -0.4 is 5.11 Å². The molecular formula is C11H8FN2O3S-. The number of carboxylic acids is 1. The number of hydrogen-bond donors (Lipinski definition) is 0. The first-order chi connectivity index (χ1) is 8.56. The third kappa shape index (κ3) is 2.86. The molecule has 0 saturated heterocycles. The standard InChI is InChI=1S/C11H9FN2O3S/c1-6(10(15)16)18-11-14-13-9(17-11)7-3-2-4-8(12)5-7/h2-6H,1H3,(H,15,16)/p-1/t6-/m1/s1. The number of hydrogen-bond acceptors (Lipinski definition) is 6. The van der Waals surface area contributed by atoms with E-state index in [9.17, 15) is 14.3 Å². The first-order valence-electron chi connectivity index (χ1n) is 5.03. The van der Waals surface area contributed by atoms with Crippen molar-refractivity contribution in [1.82, 2.24) is 10.2 Å². The highest BCUT2D eigenvalue weighted by molar-refractivity contribution is 8.00. The van der Waals surface area contributed by atoms with Gasteiger partial charge in [0, 0.05) is 5.56 Å². The number of carbonyl (C=O) groups excluding carboxylic acids is 1. The van der Waals surface area contributed by atoms with Gasteiger partial charge in [-0.05, 0) is 25.1 Å². The Morgan fingerprint density at radius 1 is 1.50 bits per heavy atom. The van der Waals surface area contributed by atoms with Crippen molar-refractivity contribution in [3.63, 3.8) is 0 Å². The van der Waals surface area contributed by atoms with E-state index in [1.165, 1.54) is 25.1 Å². The van der Waals surface area contributed by atoms with E-state index in [0.717, 1.165) is 11.8 Å². The maximum absolute atomic E-state index is 13.0. The van der Waals surface area contributed by atoms with Gasteiger partial charge in [-0.2, -0.15) is 0 Å². The number of carbonyl (C=O) groups is 1. The maximum Gasteiger partial charge on any atom is 0.277 e. The average Bonchev–Trinajstić information content (AvgIpc) is 2.77. The molecule has 0 unspecified atom stereocenters. The van der Waals surface area contributed by atoms with Crippen molar-refractivity contribution >= 4 is 17.7 Å². The normalized spacial score (nSPS) is 12.3. The van der Waals surface area contributed by atoms with Crippen molar-refractivity contribution in [2.75, 3.05) is 0 Å². The van der Waals surface area contributed by atoms with Crippen molar-refractivity contribution in [3.8, 4) is 11.5 Å². The molecule has 18 heavy (non-hydrogen) atoms. The second-order valence-corrected chi connectivity index (χ2v) is 4.75. The molecule has 1 aromatic carbocycles.